The fraction of sp³-hybridized carbons (Fsp3) is 0.939. The maximum absolute atomic E-state index is 12.5. The number of aliphatic hydroxyl groups excluding tert-OH is 4. The Kier molecular flexibility index (Phi) is 58.0. The van der Waals surface area contributed by atoms with Gasteiger partial charge in [0.15, 0.2) is 0 Å². The summed E-state index contributed by atoms with van der Waals surface area (Å²) in [5, 5.41) is 49.5. The maximum atomic E-state index is 12.5. The van der Waals surface area contributed by atoms with Crippen molar-refractivity contribution in [3.63, 3.8) is 0 Å². The molecule has 0 aliphatic heterocycles. The van der Waals surface area contributed by atoms with Crippen LogP contribution in [-0.2, 0) is 28.7 Å². The fourth-order valence-corrected chi connectivity index (χ4v) is 10.6. The van der Waals surface area contributed by atoms with Crippen molar-refractivity contribution in [1.29, 1.82) is 0 Å². The minimum atomic E-state index is -0.560. The molecule has 0 saturated carbocycles. The lowest BCUT2D eigenvalue weighted by Crippen LogP contribution is -2.39. The van der Waals surface area contributed by atoms with Crippen LogP contribution in [0.25, 0.3) is 0 Å². The standard InChI is InChI=1S/C66H130N4O10/c1-5-9-13-17-21-25-29-33-41-59(71)55-69(56-60(72)42-34-30-26-22-18-14-10-6-2)51-39-37-49-67-63(75)45-47-65(77)79-53-54-80-66(78)48-46-64(76)68-50-38-40-52-70(57-61(73)43-35-31-27-23-19-15-11-7-3)58-62(74)44-36-32-28-24-20-16-12-8-4/h59-62,71-74H,5-58H2,1-4H3,(H,67,75)(H,68,76). The van der Waals surface area contributed by atoms with Crippen molar-refractivity contribution < 1.29 is 49.1 Å². The van der Waals surface area contributed by atoms with Gasteiger partial charge in [-0.3, -0.25) is 29.0 Å². The molecule has 6 N–H and O–H groups in total. The highest BCUT2D eigenvalue weighted by Crippen LogP contribution is 2.17. The minimum Gasteiger partial charge on any atom is -0.462 e. The van der Waals surface area contributed by atoms with Crippen LogP contribution < -0.4 is 10.6 Å². The van der Waals surface area contributed by atoms with Gasteiger partial charge in [0, 0.05) is 52.1 Å². The summed E-state index contributed by atoms with van der Waals surface area (Å²) in [6.07, 6.45) is 43.5. The van der Waals surface area contributed by atoms with Crippen molar-refractivity contribution in [2.24, 2.45) is 0 Å². The molecule has 14 nitrogen and oxygen atoms in total. The molecular formula is C66H130N4O10. The van der Waals surface area contributed by atoms with Crippen molar-refractivity contribution in [2.75, 3.05) is 65.6 Å². The summed E-state index contributed by atoms with van der Waals surface area (Å²) in [6, 6.07) is 0. The number of hydrogen-bond donors (Lipinski definition) is 6. The molecule has 0 aromatic rings. The van der Waals surface area contributed by atoms with Gasteiger partial charge in [0.25, 0.3) is 0 Å². The number of amides is 2. The van der Waals surface area contributed by atoms with Crippen molar-refractivity contribution in [3.05, 3.63) is 0 Å². The largest absolute Gasteiger partial charge is 0.462 e. The van der Waals surface area contributed by atoms with Crippen LogP contribution in [0.2, 0.25) is 0 Å². The van der Waals surface area contributed by atoms with Gasteiger partial charge in [-0.2, -0.15) is 0 Å². The highest BCUT2D eigenvalue weighted by molar-refractivity contribution is 5.81. The molecule has 0 spiro atoms. The predicted molar refractivity (Wildman–Crippen MR) is 331 cm³/mol. The molecule has 474 valence electrons. The van der Waals surface area contributed by atoms with Crippen LogP contribution >= 0.6 is 0 Å². The van der Waals surface area contributed by atoms with Crippen LogP contribution in [0.4, 0.5) is 0 Å². The molecule has 4 atom stereocenters. The number of carbonyl (C=O) groups excluding carboxylic acids is 4. The van der Waals surface area contributed by atoms with Crippen LogP contribution in [-0.4, -0.2) is 144 Å². The smallest absolute Gasteiger partial charge is 0.306 e. The van der Waals surface area contributed by atoms with Gasteiger partial charge in [-0.05, 0) is 64.5 Å². The molecule has 0 rings (SSSR count). The third-order valence-electron chi connectivity index (χ3n) is 15.6. The molecule has 4 unspecified atom stereocenters. The topological polar surface area (TPSA) is 198 Å². The van der Waals surface area contributed by atoms with E-state index < -0.39 is 36.4 Å². The van der Waals surface area contributed by atoms with Crippen molar-refractivity contribution >= 4 is 23.8 Å². The highest BCUT2D eigenvalue weighted by atomic mass is 16.6. The molecule has 0 radical (unpaired) electrons. The van der Waals surface area contributed by atoms with Gasteiger partial charge >= 0.3 is 11.9 Å². The van der Waals surface area contributed by atoms with Crippen molar-refractivity contribution in [3.8, 4) is 0 Å². The SMILES string of the molecule is CCCCCCCCCCC(O)CN(CCCCNC(=O)CCC(=O)OCCOC(=O)CCC(=O)NCCCCN(CC(O)CCCCCCCCCC)CC(O)CCCCCCCCCC)CC(O)CCCCCCCCCC. The molecule has 0 aliphatic rings. The Morgan fingerprint density at radius 3 is 0.812 bits per heavy atom. The number of hydrogen-bond acceptors (Lipinski definition) is 12. The van der Waals surface area contributed by atoms with Gasteiger partial charge in [-0.25, -0.2) is 0 Å². The lowest BCUT2D eigenvalue weighted by Gasteiger charge is -2.27. The summed E-state index contributed by atoms with van der Waals surface area (Å²) < 4.78 is 10.3. The minimum absolute atomic E-state index is 0.0149. The van der Waals surface area contributed by atoms with Gasteiger partial charge in [-0.1, -0.05) is 233 Å². The molecular weight excluding hydrogens is 1010 g/mol. The molecule has 0 heterocycles. The van der Waals surface area contributed by atoms with E-state index in [1.807, 2.05) is 0 Å². The lowest BCUT2D eigenvalue weighted by atomic mass is 10.0. The van der Waals surface area contributed by atoms with Gasteiger partial charge in [0.05, 0.1) is 37.3 Å². The Labute approximate surface area is 491 Å². The monoisotopic (exact) mass is 1140 g/mol. The van der Waals surface area contributed by atoms with Crippen LogP contribution in [0.3, 0.4) is 0 Å². The molecule has 0 fully saturated rings. The summed E-state index contributed by atoms with van der Waals surface area (Å²) in [5.41, 5.74) is 0. The first-order chi connectivity index (χ1) is 38.9. The summed E-state index contributed by atoms with van der Waals surface area (Å²) in [7, 11) is 0. The van der Waals surface area contributed by atoms with E-state index in [1.165, 1.54) is 154 Å². The zero-order chi connectivity index (χ0) is 58.8. The third kappa shape index (κ3) is 56.1. The second-order valence-electron chi connectivity index (χ2n) is 23.7. The van der Waals surface area contributed by atoms with Gasteiger partial charge < -0.3 is 40.5 Å². The number of ether oxygens (including phenoxy) is 2. The first-order valence-corrected chi connectivity index (χ1v) is 33.9. The van der Waals surface area contributed by atoms with E-state index in [0.29, 0.717) is 39.3 Å². The fourth-order valence-electron chi connectivity index (χ4n) is 10.6. The quantitative estimate of drug-likeness (QED) is 0.0249. The number of esters is 2. The van der Waals surface area contributed by atoms with E-state index in [1.54, 1.807) is 0 Å². The number of rotatable bonds is 63. The van der Waals surface area contributed by atoms with E-state index in [9.17, 15) is 39.6 Å². The Hall–Kier alpha value is -2.36. The molecule has 80 heavy (non-hydrogen) atoms. The summed E-state index contributed by atoms with van der Waals surface area (Å²) >= 11 is 0. The molecule has 14 heteroatoms. The zero-order valence-electron chi connectivity index (χ0n) is 52.6. The lowest BCUT2D eigenvalue weighted by molar-refractivity contribution is -0.153. The molecule has 0 aliphatic carbocycles. The average Bonchev–Trinajstić information content (AvgIpc) is 3.43. The van der Waals surface area contributed by atoms with Crippen molar-refractivity contribution in [2.45, 2.75) is 335 Å². The number of carbonyl (C=O) groups is 4. The van der Waals surface area contributed by atoms with E-state index in [4.69, 9.17) is 9.47 Å². The van der Waals surface area contributed by atoms with Gasteiger partial charge in [-0.15, -0.1) is 0 Å². The van der Waals surface area contributed by atoms with E-state index in [-0.39, 0.29) is 50.7 Å². The van der Waals surface area contributed by atoms with Crippen LogP contribution in [0.5, 0.6) is 0 Å². The van der Waals surface area contributed by atoms with Crippen LogP contribution in [0.1, 0.15) is 310 Å². The van der Waals surface area contributed by atoms with Crippen molar-refractivity contribution in [1.82, 2.24) is 20.4 Å². The molecule has 0 aromatic carbocycles. The number of unbranched alkanes of at least 4 members (excludes halogenated alkanes) is 30. The van der Waals surface area contributed by atoms with Gasteiger partial charge in [0.1, 0.15) is 13.2 Å². The predicted octanol–water partition coefficient (Wildman–Crippen LogP) is 13.6. The highest BCUT2D eigenvalue weighted by Gasteiger charge is 2.18. The number of aliphatic hydroxyl groups is 4. The van der Waals surface area contributed by atoms with E-state index in [2.05, 4.69) is 48.1 Å². The molecule has 0 saturated heterocycles. The summed E-state index contributed by atoms with van der Waals surface area (Å²) in [6.45, 7) is 13.2. The first kappa shape index (κ1) is 77.6. The van der Waals surface area contributed by atoms with E-state index >= 15 is 0 Å². The maximum Gasteiger partial charge on any atom is 0.306 e. The van der Waals surface area contributed by atoms with Gasteiger partial charge in [0.2, 0.25) is 11.8 Å². The van der Waals surface area contributed by atoms with Crippen LogP contribution in [0.15, 0.2) is 0 Å². The van der Waals surface area contributed by atoms with Crippen LogP contribution in [0, 0.1) is 0 Å². The second kappa shape index (κ2) is 59.8. The Bertz CT molecular complexity index is 1220. The van der Waals surface area contributed by atoms with E-state index in [0.717, 1.165) is 116 Å². The first-order valence-electron chi connectivity index (χ1n) is 33.9. The third-order valence-corrected chi connectivity index (χ3v) is 15.6. The second-order valence-corrected chi connectivity index (χ2v) is 23.7. The molecule has 0 bridgehead atoms. The molecule has 0 aromatic heterocycles. The Morgan fingerprint density at radius 2 is 0.562 bits per heavy atom. The molecule has 2 amide bonds. The Balaban J connectivity index is 4.50. The average molecular weight is 1140 g/mol. The summed E-state index contributed by atoms with van der Waals surface area (Å²) in [5.74, 6) is -1.61. The Morgan fingerprint density at radius 1 is 0.325 bits per heavy atom. The zero-order valence-corrected chi connectivity index (χ0v) is 52.6. The number of nitrogens with zero attached hydrogens (tertiary/aromatic N) is 2. The normalized spacial score (nSPS) is 13.2. The number of nitrogens with one attached hydrogen (secondary N) is 2. The summed E-state index contributed by atoms with van der Waals surface area (Å²) in [4.78, 5) is 54.1.